The molecular weight excluding hydrogens is 518 g/mol. The van der Waals surface area contributed by atoms with Crippen molar-refractivity contribution in [1.29, 1.82) is 0 Å². The van der Waals surface area contributed by atoms with Gasteiger partial charge in [-0.3, -0.25) is 4.79 Å². The van der Waals surface area contributed by atoms with Crippen LogP contribution in [-0.2, 0) is 16.0 Å². The smallest absolute Gasteiger partial charge is 0.407 e. The van der Waals surface area contributed by atoms with E-state index in [9.17, 15) is 19.5 Å². The Hall–Kier alpha value is -4.33. The zero-order valence-electron chi connectivity index (χ0n) is 23.9. The number of carboxylic acid groups (broad SMARTS) is 1. The van der Waals surface area contributed by atoms with Gasteiger partial charge in [-0.2, -0.15) is 0 Å². The van der Waals surface area contributed by atoms with Gasteiger partial charge in [0.25, 0.3) is 0 Å². The number of hydrogen-bond donors (Lipinski definition) is 2. The van der Waals surface area contributed by atoms with Gasteiger partial charge in [-0.25, -0.2) is 4.79 Å². The number of carbonyl (C=O) groups excluding carboxylic acids is 3. The summed E-state index contributed by atoms with van der Waals surface area (Å²) in [7, 11) is 0. The number of unbranched alkanes of at least 4 members (excludes halogenated alkanes) is 1. The molecule has 216 valence electrons. The lowest BCUT2D eigenvalue weighted by Gasteiger charge is -2.35. The van der Waals surface area contributed by atoms with Crippen LogP contribution in [0, 0.1) is 0 Å². The summed E-state index contributed by atoms with van der Waals surface area (Å²) < 4.78 is 5.23. The van der Waals surface area contributed by atoms with Crippen molar-refractivity contribution >= 4 is 18.1 Å². The molecule has 2 N–H and O–H groups in total. The molecule has 0 unspecified atom stereocenters. The summed E-state index contributed by atoms with van der Waals surface area (Å²) >= 11 is 0. The average Bonchev–Trinajstić information content (AvgIpc) is 3.25. The fourth-order valence-corrected chi connectivity index (χ4v) is 5.25. The standard InChI is InChI=1S/C33H39N3O5/c1-33(2,3)41-31(38)35-20-12-11-19-34-30(37)29(21-23-13-5-4-6-14-23)36(32(39)40)22-28-26-17-9-7-15-24(26)25-16-8-10-18-27(25)28/h4-10,13-18,28-29H,11-12,19-22H2,1-3H3,(H,34,37)(H,35,38)(H,39,40)/p-1/t29-/m0/s1. The van der Waals surface area contributed by atoms with Crippen molar-refractivity contribution < 1.29 is 24.2 Å². The highest BCUT2D eigenvalue weighted by atomic mass is 16.6. The fourth-order valence-electron chi connectivity index (χ4n) is 5.25. The zero-order valence-corrected chi connectivity index (χ0v) is 23.9. The average molecular weight is 557 g/mol. The first-order valence-corrected chi connectivity index (χ1v) is 14.1. The van der Waals surface area contributed by atoms with Crippen molar-refractivity contribution in [3.05, 3.63) is 95.6 Å². The molecule has 3 aromatic rings. The van der Waals surface area contributed by atoms with Crippen LogP contribution in [0.15, 0.2) is 78.9 Å². The van der Waals surface area contributed by atoms with Crippen molar-refractivity contribution in [2.24, 2.45) is 0 Å². The number of benzene rings is 3. The highest BCUT2D eigenvalue weighted by molar-refractivity contribution is 5.86. The number of nitrogens with one attached hydrogen (secondary N) is 2. The lowest BCUT2D eigenvalue weighted by atomic mass is 9.95. The number of hydrogen-bond acceptors (Lipinski definition) is 5. The molecule has 3 amide bonds. The molecule has 0 fully saturated rings. The zero-order chi connectivity index (χ0) is 29.4. The third kappa shape index (κ3) is 7.87. The van der Waals surface area contributed by atoms with E-state index in [0.717, 1.165) is 27.8 Å². The molecule has 0 bridgehead atoms. The largest absolute Gasteiger partial charge is 0.530 e. The molecule has 1 aliphatic rings. The minimum absolute atomic E-state index is 0.0983. The van der Waals surface area contributed by atoms with Gasteiger partial charge < -0.3 is 30.2 Å². The molecule has 0 saturated heterocycles. The lowest BCUT2D eigenvalue weighted by molar-refractivity contribution is -0.267. The van der Waals surface area contributed by atoms with Gasteiger partial charge in [0, 0.05) is 32.0 Å². The van der Waals surface area contributed by atoms with E-state index >= 15 is 0 Å². The highest BCUT2D eigenvalue weighted by Crippen LogP contribution is 2.45. The van der Waals surface area contributed by atoms with Gasteiger partial charge in [0.1, 0.15) is 17.7 Å². The fraction of sp³-hybridized carbons (Fsp3) is 0.364. The van der Waals surface area contributed by atoms with Gasteiger partial charge in [-0.15, -0.1) is 0 Å². The van der Waals surface area contributed by atoms with Crippen LogP contribution < -0.4 is 15.7 Å². The van der Waals surface area contributed by atoms with E-state index in [-0.39, 0.29) is 24.8 Å². The summed E-state index contributed by atoms with van der Waals surface area (Å²) in [4.78, 5) is 39.1. The number of amides is 3. The maximum Gasteiger partial charge on any atom is 0.407 e. The Morgan fingerprint density at radius 1 is 0.829 bits per heavy atom. The Morgan fingerprint density at radius 2 is 1.37 bits per heavy atom. The van der Waals surface area contributed by atoms with Crippen LogP contribution in [0.2, 0.25) is 0 Å². The van der Waals surface area contributed by atoms with E-state index in [1.165, 1.54) is 4.90 Å². The second-order valence-electron chi connectivity index (χ2n) is 11.3. The Kier molecular flexibility index (Phi) is 9.65. The molecule has 0 radical (unpaired) electrons. The van der Waals surface area contributed by atoms with E-state index in [2.05, 4.69) is 10.6 Å². The number of rotatable bonds is 11. The van der Waals surface area contributed by atoms with E-state index < -0.39 is 23.8 Å². The molecule has 3 aromatic carbocycles. The van der Waals surface area contributed by atoms with E-state index in [1.54, 1.807) is 20.8 Å². The normalized spacial score (nSPS) is 13.0. The predicted molar refractivity (Wildman–Crippen MR) is 156 cm³/mol. The Labute approximate surface area is 241 Å². The van der Waals surface area contributed by atoms with Crippen molar-refractivity contribution in [3.8, 4) is 11.1 Å². The number of nitrogens with zero attached hydrogens (tertiary/aromatic N) is 1. The topological polar surface area (TPSA) is 111 Å². The molecule has 8 heteroatoms. The molecular formula is C33H38N3O5-. The van der Waals surface area contributed by atoms with E-state index in [1.807, 2.05) is 78.9 Å². The third-order valence-electron chi connectivity index (χ3n) is 7.10. The lowest BCUT2D eigenvalue weighted by Crippen LogP contribution is -2.56. The number of ether oxygens (including phenoxy) is 1. The molecule has 0 aromatic heterocycles. The Morgan fingerprint density at radius 3 is 1.93 bits per heavy atom. The van der Waals surface area contributed by atoms with Gasteiger partial charge in [0.05, 0.1) is 0 Å². The molecule has 0 spiro atoms. The van der Waals surface area contributed by atoms with Crippen LogP contribution >= 0.6 is 0 Å². The summed E-state index contributed by atoms with van der Waals surface area (Å²) in [6.45, 7) is 6.25. The SMILES string of the molecule is CC(C)(C)OC(=O)NCCCCNC(=O)[C@H](Cc1ccccc1)N(CC1c2ccccc2-c2ccccc21)C(=O)[O-]. The van der Waals surface area contributed by atoms with Crippen LogP contribution in [0.25, 0.3) is 11.1 Å². The summed E-state index contributed by atoms with van der Waals surface area (Å²) in [5.41, 5.74) is 4.52. The van der Waals surface area contributed by atoms with Gasteiger partial charge in [-0.1, -0.05) is 78.9 Å². The van der Waals surface area contributed by atoms with Crippen LogP contribution in [0.1, 0.15) is 56.2 Å². The van der Waals surface area contributed by atoms with Crippen LogP contribution in [0.5, 0.6) is 0 Å². The van der Waals surface area contributed by atoms with Crippen molar-refractivity contribution in [1.82, 2.24) is 15.5 Å². The number of fused-ring (bicyclic) bond motifs is 3. The molecule has 0 aliphatic heterocycles. The predicted octanol–water partition coefficient (Wildman–Crippen LogP) is 4.48. The third-order valence-corrected chi connectivity index (χ3v) is 7.10. The molecule has 1 atom stereocenters. The second kappa shape index (κ2) is 13.4. The molecule has 0 heterocycles. The summed E-state index contributed by atoms with van der Waals surface area (Å²) in [6, 6.07) is 24.4. The van der Waals surface area contributed by atoms with Crippen molar-refractivity contribution in [3.63, 3.8) is 0 Å². The number of alkyl carbamates (subject to hydrolysis) is 1. The maximum atomic E-state index is 13.5. The molecule has 1 aliphatic carbocycles. The quantitative estimate of drug-likeness (QED) is 0.339. The van der Waals surface area contributed by atoms with Crippen molar-refractivity contribution in [2.75, 3.05) is 19.6 Å². The summed E-state index contributed by atoms with van der Waals surface area (Å²) in [5, 5.41) is 18.2. The first-order valence-electron chi connectivity index (χ1n) is 14.1. The van der Waals surface area contributed by atoms with Crippen LogP contribution in [-0.4, -0.2) is 54.3 Å². The van der Waals surface area contributed by atoms with Gasteiger partial charge >= 0.3 is 6.09 Å². The molecule has 8 nitrogen and oxygen atoms in total. The van der Waals surface area contributed by atoms with Crippen LogP contribution in [0.3, 0.4) is 0 Å². The van der Waals surface area contributed by atoms with Gasteiger partial charge in [-0.05, 0) is 61.4 Å². The van der Waals surface area contributed by atoms with Gasteiger partial charge in [0.15, 0.2) is 0 Å². The summed E-state index contributed by atoms with van der Waals surface area (Å²) in [5.74, 6) is -0.594. The Balaban J connectivity index is 1.45. The van der Waals surface area contributed by atoms with Crippen molar-refractivity contribution in [2.45, 2.75) is 57.6 Å². The maximum absolute atomic E-state index is 13.5. The molecule has 4 rings (SSSR count). The number of carbonyl (C=O) groups is 3. The monoisotopic (exact) mass is 556 g/mol. The summed E-state index contributed by atoms with van der Waals surface area (Å²) in [6.07, 6.45) is -0.415. The first kappa shape index (κ1) is 29.6. The Bertz CT molecular complexity index is 1310. The molecule has 0 saturated carbocycles. The highest BCUT2D eigenvalue weighted by Gasteiger charge is 2.34. The molecule has 41 heavy (non-hydrogen) atoms. The van der Waals surface area contributed by atoms with E-state index in [0.29, 0.717) is 25.9 Å². The van der Waals surface area contributed by atoms with Gasteiger partial charge in [0.2, 0.25) is 5.91 Å². The van der Waals surface area contributed by atoms with Crippen LogP contribution in [0.4, 0.5) is 9.59 Å². The minimum Gasteiger partial charge on any atom is -0.530 e. The second-order valence-corrected chi connectivity index (χ2v) is 11.3. The van der Waals surface area contributed by atoms with E-state index in [4.69, 9.17) is 4.74 Å². The minimum atomic E-state index is -1.38. The first-order chi connectivity index (χ1) is 19.6.